The van der Waals surface area contributed by atoms with E-state index >= 15 is 0 Å². The highest BCUT2D eigenvalue weighted by molar-refractivity contribution is 6.18. The average molecular weight is 171 g/mol. The molecular weight excluding hydrogens is 159 g/mol. The molecule has 0 amide bonds. The van der Waals surface area contributed by atoms with E-state index in [2.05, 4.69) is 0 Å². The highest BCUT2D eigenvalue weighted by Gasteiger charge is 2.05. The van der Waals surface area contributed by atoms with Gasteiger partial charge in [0.25, 0.3) is 0 Å². The molecule has 9 heavy (non-hydrogen) atoms. The Morgan fingerprint density at radius 1 is 1.56 bits per heavy atom. The summed E-state index contributed by atoms with van der Waals surface area (Å²) in [7, 11) is 1.90. The van der Waals surface area contributed by atoms with Crippen molar-refractivity contribution in [3.63, 3.8) is 0 Å². The molecule has 0 aliphatic heterocycles. The molecule has 0 heterocycles. The van der Waals surface area contributed by atoms with E-state index in [0.29, 0.717) is 11.8 Å². The molecule has 0 aliphatic rings. The molecular formula is C5H12Cl2N2. The first-order valence-corrected chi connectivity index (χ1v) is 3.87. The molecule has 0 saturated heterocycles. The Morgan fingerprint density at radius 3 is 2.44 bits per heavy atom. The summed E-state index contributed by atoms with van der Waals surface area (Å²) in [5.41, 5.74) is 5.54. The summed E-state index contributed by atoms with van der Waals surface area (Å²) in [5, 5.41) is 0. The van der Waals surface area contributed by atoms with Crippen molar-refractivity contribution in [2.45, 2.75) is 6.17 Å². The van der Waals surface area contributed by atoms with Crippen LogP contribution in [0, 0.1) is 0 Å². The van der Waals surface area contributed by atoms with Crippen molar-refractivity contribution in [1.29, 1.82) is 0 Å². The molecule has 0 bridgehead atoms. The maximum atomic E-state index is 5.54. The number of nitrogens with two attached hydrogens (primary N) is 1. The van der Waals surface area contributed by atoms with Crippen LogP contribution >= 0.6 is 23.2 Å². The minimum Gasteiger partial charge on any atom is -0.315 e. The van der Waals surface area contributed by atoms with E-state index in [0.717, 1.165) is 6.54 Å². The Hall–Kier alpha value is 0.500. The van der Waals surface area contributed by atoms with Crippen LogP contribution in [0.2, 0.25) is 0 Å². The number of rotatable bonds is 4. The highest BCUT2D eigenvalue weighted by atomic mass is 35.5. The quantitative estimate of drug-likeness (QED) is 0.497. The second-order valence-corrected chi connectivity index (χ2v) is 2.58. The van der Waals surface area contributed by atoms with Crippen LogP contribution in [0.1, 0.15) is 0 Å². The molecule has 1 unspecified atom stereocenters. The summed E-state index contributed by atoms with van der Waals surface area (Å²) in [6.45, 7) is 0.787. The van der Waals surface area contributed by atoms with Gasteiger partial charge in [-0.3, -0.25) is 4.90 Å². The van der Waals surface area contributed by atoms with Gasteiger partial charge in [0, 0.05) is 12.4 Å². The molecule has 0 aromatic carbocycles. The second-order valence-electron chi connectivity index (χ2n) is 1.89. The molecule has 1 atom stereocenters. The van der Waals surface area contributed by atoms with Gasteiger partial charge in [-0.05, 0) is 7.05 Å². The molecule has 0 rings (SSSR count). The van der Waals surface area contributed by atoms with Gasteiger partial charge in [-0.15, -0.1) is 23.2 Å². The van der Waals surface area contributed by atoms with Crippen molar-refractivity contribution < 1.29 is 0 Å². The van der Waals surface area contributed by atoms with Gasteiger partial charge in [0.1, 0.15) is 0 Å². The zero-order valence-corrected chi connectivity index (χ0v) is 6.99. The molecule has 0 aromatic rings. The van der Waals surface area contributed by atoms with Crippen LogP contribution in [0.4, 0.5) is 0 Å². The molecule has 0 fully saturated rings. The van der Waals surface area contributed by atoms with Gasteiger partial charge < -0.3 is 5.73 Å². The van der Waals surface area contributed by atoms with Gasteiger partial charge in [-0.2, -0.15) is 0 Å². The summed E-state index contributed by atoms with van der Waals surface area (Å²) in [4.78, 5) is 1.92. The molecule has 2 nitrogen and oxygen atoms in total. The van der Waals surface area contributed by atoms with Crippen molar-refractivity contribution in [3.8, 4) is 0 Å². The number of hydrogen-bond acceptors (Lipinski definition) is 2. The Labute approximate surface area is 65.9 Å². The average Bonchev–Trinajstić information content (AvgIpc) is 1.87. The van der Waals surface area contributed by atoms with E-state index in [1.165, 1.54) is 0 Å². The third kappa shape index (κ3) is 3.98. The van der Waals surface area contributed by atoms with Crippen LogP contribution in [0.5, 0.6) is 0 Å². The van der Waals surface area contributed by atoms with Gasteiger partial charge in [0.05, 0.1) is 12.0 Å². The minimum absolute atomic E-state index is 0.0644. The smallest absolute Gasteiger partial charge is 0.0709 e. The molecule has 56 valence electrons. The van der Waals surface area contributed by atoms with Gasteiger partial charge >= 0.3 is 0 Å². The Balaban J connectivity index is 3.32. The summed E-state index contributed by atoms with van der Waals surface area (Å²) in [5.74, 6) is 1.05. The van der Waals surface area contributed by atoms with Crippen LogP contribution in [-0.4, -0.2) is 36.4 Å². The predicted octanol–water partition coefficient (Wildman–Crippen LogP) is 0.681. The van der Waals surface area contributed by atoms with E-state index in [1.54, 1.807) is 0 Å². The standard InChI is InChI=1S/C5H12Cl2N2/c1-9(3-2-6)5(8)4-7/h5H,2-4,8H2,1H3. The van der Waals surface area contributed by atoms with Crippen molar-refractivity contribution in [1.82, 2.24) is 4.90 Å². The summed E-state index contributed by atoms with van der Waals surface area (Å²) >= 11 is 10.9. The predicted molar refractivity (Wildman–Crippen MR) is 42.0 cm³/mol. The minimum atomic E-state index is -0.0644. The Bertz CT molecular complexity index is 70.0. The topological polar surface area (TPSA) is 29.3 Å². The van der Waals surface area contributed by atoms with E-state index in [4.69, 9.17) is 28.9 Å². The molecule has 0 saturated carbocycles. The summed E-state index contributed by atoms with van der Waals surface area (Å²) < 4.78 is 0. The number of halogens is 2. The van der Waals surface area contributed by atoms with Crippen molar-refractivity contribution in [2.75, 3.05) is 25.4 Å². The monoisotopic (exact) mass is 170 g/mol. The summed E-state index contributed by atoms with van der Waals surface area (Å²) in [6, 6.07) is 0. The molecule has 0 aliphatic carbocycles. The zero-order valence-electron chi connectivity index (χ0n) is 5.48. The first kappa shape index (κ1) is 9.50. The van der Waals surface area contributed by atoms with Crippen LogP contribution in [0.3, 0.4) is 0 Å². The third-order valence-electron chi connectivity index (χ3n) is 1.16. The Kier molecular flexibility index (Phi) is 5.59. The second kappa shape index (κ2) is 5.30. The van der Waals surface area contributed by atoms with Crippen molar-refractivity contribution in [2.24, 2.45) is 5.73 Å². The van der Waals surface area contributed by atoms with E-state index in [9.17, 15) is 0 Å². The first-order chi connectivity index (χ1) is 4.22. The van der Waals surface area contributed by atoms with Gasteiger partial charge in [-0.25, -0.2) is 0 Å². The van der Waals surface area contributed by atoms with Crippen LogP contribution in [0.25, 0.3) is 0 Å². The fourth-order valence-electron chi connectivity index (χ4n) is 0.417. The third-order valence-corrected chi connectivity index (χ3v) is 1.65. The van der Waals surface area contributed by atoms with E-state index in [1.807, 2.05) is 11.9 Å². The fourth-order valence-corrected chi connectivity index (χ4v) is 0.919. The van der Waals surface area contributed by atoms with E-state index in [-0.39, 0.29) is 6.17 Å². The van der Waals surface area contributed by atoms with Crippen LogP contribution < -0.4 is 5.73 Å². The lowest BCUT2D eigenvalue weighted by atomic mass is 10.5. The SMILES string of the molecule is CN(CCCl)C(N)CCl. The Morgan fingerprint density at radius 2 is 2.11 bits per heavy atom. The number of hydrogen-bond donors (Lipinski definition) is 1. The van der Waals surface area contributed by atoms with Gasteiger partial charge in [-0.1, -0.05) is 0 Å². The van der Waals surface area contributed by atoms with Crippen molar-refractivity contribution >= 4 is 23.2 Å². The molecule has 2 N–H and O–H groups in total. The normalized spacial score (nSPS) is 14.3. The van der Waals surface area contributed by atoms with Crippen LogP contribution in [-0.2, 0) is 0 Å². The zero-order chi connectivity index (χ0) is 7.28. The van der Waals surface area contributed by atoms with E-state index < -0.39 is 0 Å². The lowest BCUT2D eigenvalue weighted by molar-refractivity contribution is 0.282. The van der Waals surface area contributed by atoms with Gasteiger partial charge in [0.15, 0.2) is 0 Å². The molecule has 0 spiro atoms. The van der Waals surface area contributed by atoms with Crippen molar-refractivity contribution in [3.05, 3.63) is 0 Å². The maximum Gasteiger partial charge on any atom is 0.0709 e. The first-order valence-electron chi connectivity index (χ1n) is 2.80. The number of alkyl halides is 2. The lowest BCUT2D eigenvalue weighted by Crippen LogP contribution is -2.41. The summed E-state index contributed by atoms with van der Waals surface area (Å²) in [6.07, 6.45) is -0.0644. The lowest BCUT2D eigenvalue weighted by Gasteiger charge is -2.20. The molecule has 0 radical (unpaired) electrons. The molecule has 0 aromatic heterocycles. The highest BCUT2D eigenvalue weighted by Crippen LogP contribution is 1.91. The largest absolute Gasteiger partial charge is 0.315 e. The molecule has 4 heteroatoms. The maximum absolute atomic E-state index is 5.54. The number of nitrogens with zero attached hydrogens (tertiary/aromatic N) is 1. The van der Waals surface area contributed by atoms with Gasteiger partial charge in [0.2, 0.25) is 0 Å². The fraction of sp³-hybridized carbons (Fsp3) is 1.00. The van der Waals surface area contributed by atoms with Crippen LogP contribution in [0.15, 0.2) is 0 Å².